The first-order valence-corrected chi connectivity index (χ1v) is 4.00. The third-order valence-electron chi connectivity index (χ3n) is 1.93. The van der Waals surface area contributed by atoms with E-state index in [-0.39, 0.29) is 12.2 Å². The lowest BCUT2D eigenvalue weighted by atomic mass is 9.89. The summed E-state index contributed by atoms with van der Waals surface area (Å²) in [7, 11) is 0. The number of carboxylic acid groups (broad SMARTS) is 1. The Morgan fingerprint density at radius 3 is 2.57 bits per heavy atom. The predicted octanol–water partition coefficient (Wildman–Crippen LogP) is 0.163. The maximum absolute atomic E-state index is 10.8. The minimum atomic E-state index is -1.56. The number of hydrogen-bond donors (Lipinski definition) is 3. The number of aliphatic hydroxyl groups excluding tert-OH is 1. The molecule has 0 aromatic rings. The first kappa shape index (κ1) is 10.5. The lowest BCUT2D eigenvalue weighted by Crippen LogP contribution is -2.32. The molecule has 0 aromatic heterocycles. The number of hydrogen-bond acceptors (Lipinski definition) is 4. The summed E-state index contributed by atoms with van der Waals surface area (Å²) < 4.78 is 0. The molecular weight excluding hydrogens is 188 g/mol. The summed E-state index contributed by atoms with van der Waals surface area (Å²) in [5, 5.41) is 27.0. The Balaban J connectivity index is 2.66. The molecule has 1 rings (SSSR count). The van der Waals surface area contributed by atoms with Gasteiger partial charge in [0.2, 0.25) is 5.78 Å². The molecule has 0 aromatic carbocycles. The van der Waals surface area contributed by atoms with Crippen LogP contribution >= 0.6 is 0 Å². The van der Waals surface area contributed by atoms with Gasteiger partial charge in [0.15, 0.2) is 0 Å². The van der Waals surface area contributed by atoms with Gasteiger partial charge in [-0.15, -0.1) is 0 Å². The Morgan fingerprint density at radius 1 is 1.50 bits per heavy atom. The van der Waals surface area contributed by atoms with Crippen LogP contribution in [-0.4, -0.2) is 32.7 Å². The van der Waals surface area contributed by atoms with Crippen molar-refractivity contribution in [1.29, 1.82) is 0 Å². The average molecular weight is 198 g/mol. The van der Waals surface area contributed by atoms with Crippen LogP contribution in [0.3, 0.4) is 0 Å². The maximum atomic E-state index is 10.8. The largest absolute Gasteiger partial charge is 0.508 e. The number of carboxylic acids is 1. The highest BCUT2D eigenvalue weighted by Crippen LogP contribution is 2.23. The van der Waals surface area contributed by atoms with Crippen LogP contribution in [0.25, 0.3) is 0 Å². The molecule has 1 unspecified atom stereocenters. The van der Waals surface area contributed by atoms with E-state index in [0.717, 1.165) is 0 Å². The molecule has 1 aliphatic rings. The normalized spacial score (nSPS) is 25.6. The Morgan fingerprint density at radius 2 is 2.14 bits per heavy atom. The molecule has 0 fully saturated rings. The number of allylic oxidation sites excluding steroid dienone is 1. The smallest absolute Gasteiger partial charge is 0.372 e. The molecule has 0 bridgehead atoms. The number of carbonyl (C=O) groups excluding carboxylic acids is 1. The van der Waals surface area contributed by atoms with Crippen LogP contribution in [0.15, 0.2) is 24.0 Å². The van der Waals surface area contributed by atoms with Crippen LogP contribution in [0.2, 0.25) is 0 Å². The molecule has 0 saturated heterocycles. The topological polar surface area (TPSA) is 94.8 Å². The fourth-order valence-corrected chi connectivity index (χ4v) is 1.14. The van der Waals surface area contributed by atoms with Crippen LogP contribution in [0.1, 0.15) is 12.8 Å². The summed E-state index contributed by atoms with van der Waals surface area (Å²) in [4.78, 5) is 21.1. The average Bonchev–Trinajstić information content (AvgIpc) is 2.10. The fourth-order valence-electron chi connectivity index (χ4n) is 1.14. The summed E-state index contributed by atoms with van der Waals surface area (Å²) in [6.45, 7) is 0. The zero-order valence-corrected chi connectivity index (χ0v) is 7.30. The third kappa shape index (κ3) is 2.43. The monoisotopic (exact) mass is 198 g/mol. The quantitative estimate of drug-likeness (QED) is 0.561. The standard InChI is InChI=1S/C9H10O5/c10-6-1-3-9(14,4-2-6)5-7(11)8(12)13/h1-3,10,14H,4-5H2,(H,12,13). The van der Waals surface area contributed by atoms with Gasteiger partial charge in [0.1, 0.15) is 5.76 Å². The highest BCUT2D eigenvalue weighted by Gasteiger charge is 2.30. The molecule has 1 aliphatic carbocycles. The summed E-state index contributed by atoms with van der Waals surface area (Å²) in [6, 6.07) is 0. The van der Waals surface area contributed by atoms with Gasteiger partial charge in [-0.05, 0) is 18.2 Å². The van der Waals surface area contributed by atoms with Crippen molar-refractivity contribution in [2.24, 2.45) is 0 Å². The number of ketones is 1. The second-order valence-electron chi connectivity index (χ2n) is 3.18. The SMILES string of the molecule is O=C(O)C(=O)CC1(O)C=CC(O)=CC1. The van der Waals surface area contributed by atoms with E-state index in [1.165, 1.54) is 18.2 Å². The molecule has 5 heteroatoms. The zero-order valence-electron chi connectivity index (χ0n) is 7.30. The lowest BCUT2D eigenvalue weighted by Gasteiger charge is -2.23. The van der Waals surface area contributed by atoms with E-state index in [4.69, 9.17) is 10.2 Å². The Labute approximate surface area is 80.0 Å². The molecule has 0 heterocycles. The van der Waals surface area contributed by atoms with Gasteiger partial charge in [0, 0.05) is 6.42 Å². The van der Waals surface area contributed by atoms with Crippen LogP contribution in [-0.2, 0) is 9.59 Å². The van der Waals surface area contributed by atoms with E-state index in [2.05, 4.69) is 0 Å². The fraction of sp³-hybridized carbons (Fsp3) is 0.333. The molecule has 14 heavy (non-hydrogen) atoms. The zero-order chi connectivity index (χ0) is 10.8. The summed E-state index contributed by atoms with van der Waals surface area (Å²) >= 11 is 0. The van der Waals surface area contributed by atoms with Gasteiger partial charge >= 0.3 is 5.97 Å². The molecular formula is C9H10O5. The first-order chi connectivity index (χ1) is 6.43. The van der Waals surface area contributed by atoms with Crippen LogP contribution in [0, 0.1) is 0 Å². The van der Waals surface area contributed by atoms with Gasteiger partial charge in [-0.25, -0.2) is 4.79 Å². The molecule has 0 aliphatic heterocycles. The number of carbonyl (C=O) groups is 2. The second-order valence-corrected chi connectivity index (χ2v) is 3.18. The number of aliphatic carboxylic acids is 1. The summed E-state index contributed by atoms with van der Waals surface area (Å²) in [6.07, 6.45) is 3.34. The highest BCUT2D eigenvalue weighted by atomic mass is 16.4. The molecule has 1 atom stereocenters. The summed E-state index contributed by atoms with van der Waals surface area (Å²) in [5.41, 5.74) is -1.48. The number of rotatable bonds is 3. The minimum absolute atomic E-state index is 0.00236. The lowest BCUT2D eigenvalue weighted by molar-refractivity contribution is -0.150. The third-order valence-corrected chi connectivity index (χ3v) is 1.93. The Kier molecular flexibility index (Phi) is 2.71. The minimum Gasteiger partial charge on any atom is -0.508 e. The number of aliphatic hydroxyl groups is 2. The van der Waals surface area contributed by atoms with Gasteiger partial charge < -0.3 is 15.3 Å². The molecule has 5 nitrogen and oxygen atoms in total. The van der Waals surface area contributed by atoms with Crippen molar-refractivity contribution < 1.29 is 24.9 Å². The van der Waals surface area contributed by atoms with E-state index in [1.807, 2.05) is 0 Å². The highest BCUT2D eigenvalue weighted by molar-refractivity contribution is 6.32. The number of Topliss-reactive ketones (excluding diaryl/α,β-unsaturated/α-hetero) is 1. The molecule has 0 radical (unpaired) electrons. The van der Waals surface area contributed by atoms with E-state index in [9.17, 15) is 14.7 Å². The maximum Gasteiger partial charge on any atom is 0.372 e. The molecule has 3 N–H and O–H groups in total. The van der Waals surface area contributed by atoms with Crippen molar-refractivity contribution in [2.45, 2.75) is 18.4 Å². The predicted molar refractivity (Wildman–Crippen MR) is 46.7 cm³/mol. The van der Waals surface area contributed by atoms with Crippen molar-refractivity contribution in [3.8, 4) is 0 Å². The van der Waals surface area contributed by atoms with Gasteiger partial charge in [-0.2, -0.15) is 0 Å². The van der Waals surface area contributed by atoms with Crippen LogP contribution in [0.4, 0.5) is 0 Å². The van der Waals surface area contributed by atoms with Crippen molar-refractivity contribution in [3.63, 3.8) is 0 Å². The molecule has 0 amide bonds. The van der Waals surface area contributed by atoms with Crippen molar-refractivity contribution in [3.05, 3.63) is 24.0 Å². The Bertz CT molecular complexity index is 328. The van der Waals surface area contributed by atoms with Gasteiger partial charge in [-0.1, -0.05) is 0 Å². The van der Waals surface area contributed by atoms with E-state index in [0.29, 0.717) is 0 Å². The Hall–Kier alpha value is -1.62. The van der Waals surface area contributed by atoms with Gasteiger partial charge in [0.25, 0.3) is 0 Å². The van der Waals surface area contributed by atoms with Crippen LogP contribution < -0.4 is 0 Å². The van der Waals surface area contributed by atoms with E-state index < -0.39 is 23.8 Å². The van der Waals surface area contributed by atoms with Crippen molar-refractivity contribution in [1.82, 2.24) is 0 Å². The van der Waals surface area contributed by atoms with Crippen molar-refractivity contribution in [2.75, 3.05) is 0 Å². The molecule has 0 spiro atoms. The van der Waals surface area contributed by atoms with Gasteiger partial charge in [-0.3, -0.25) is 4.79 Å². The van der Waals surface area contributed by atoms with Gasteiger partial charge in [0.05, 0.1) is 12.0 Å². The first-order valence-electron chi connectivity index (χ1n) is 4.00. The van der Waals surface area contributed by atoms with Crippen LogP contribution in [0.5, 0.6) is 0 Å². The molecule has 76 valence electrons. The van der Waals surface area contributed by atoms with E-state index >= 15 is 0 Å². The van der Waals surface area contributed by atoms with E-state index in [1.54, 1.807) is 0 Å². The molecule has 0 saturated carbocycles. The second kappa shape index (κ2) is 3.63. The summed E-state index contributed by atoms with van der Waals surface area (Å²) in [5.74, 6) is -2.62. The van der Waals surface area contributed by atoms with Crippen molar-refractivity contribution >= 4 is 11.8 Å².